The number of hydrogen-bond donors (Lipinski definition) is 0. The maximum atomic E-state index is 11.2. The minimum atomic E-state index is -0.350. The maximum absolute atomic E-state index is 11.2. The van der Waals surface area contributed by atoms with Gasteiger partial charge in [-0.3, -0.25) is 10.1 Å². The standard InChI is InChI=1S/C20H15N2O2.HI/c1-21-18-11-4-2-9-16(18)20(17-10-3-5-12-19(17)21)14-7-6-8-15(13-14)22(23)24;/h2-13H,1H3;1H/q+1;/p-1. The Morgan fingerprint density at radius 2 is 1.40 bits per heavy atom. The summed E-state index contributed by atoms with van der Waals surface area (Å²) in [4.78, 5) is 10.8. The number of para-hydroxylation sites is 2. The molecule has 0 saturated heterocycles. The number of pyridine rings is 1. The van der Waals surface area contributed by atoms with Crippen molar-refractivity contribution in [3.05, 3.63) is 82.9 Å². The van der Waals surface area contributed by atoms with E-state index in [1.807, 2.05) is 37.4 Å². The summed E-state index contributed by atoms with van der Waals surface area (Å²) in [6.45, 7) is 0. The van der Waals surface area contributed by atoms with Crippen molar-refractivity contribution in [2.24, 2.45) is 7.05 Å². The van der Waals surface area contributed by atoms with Crippen LogP contribution in [-0.2, 0) is 7.05 Å². The van der Waals surface area contributed by atoms with Gasteiger partial charge in [-0.05, 0) is 17.7 Å². The molecule has 0 amide bonds. The average molecular weight is 442 g/mol. The quantitative estimate of drug-likeness (QED) is 0.155. The Morgan fingerprint density at radius 1 is 0.840 bits per heavy atom. The minimum absolute atomic E-state index is 0. The summed E-state index contributed by atoms with van der Waals surface area (Å²) in [6.07, 6.45) is 0. The van der Waals surface area contributed by atoms with E-state index in [1.165, 1.54) is 6.07 Å². The molecule has 4 rings (SSSR count). The number of hydrogen-bond acceptors (Lipinski definition) is 2. The number of aromatic nitrogens is 1. The highest BCUT2D eigenvalue weighted by molar-refractivity contribution is 6.07. The molecule has 3 aromatic carbocycles. The van der Waals surface area contributed by atoms with Gasteiger partial charge in [0.05, 0.1) is 15.7 Å². The molecule has 0 aliphatic heterocycles. The van der Waals surface area contributed by atoms with Crippen LogP contribution in [0, 0.1) is 10.1 Å². The van der Waals surface area contributed by atoms with Gasteiger partial charge in [-0.2, -0.15) is 4.57 Å². The van der Waals surface area contributed by atoms with E-state index >= 15 is 0 Å². The van der Waals surface area contributed by atoms with E-state index < -0.39 is 0 Å². The molecule has 1 aromatic heterocycles. The van der Waals surface area contributed by atoms with Crippen LogP contribution < -0.4 is 28.5 Å². The van der Waals surface area contributed by atoms with Crippen LogP contribution >= 0.6 is 0 Å². The Balaban J connectivity index is 0.00000182. The van der Waals surface area contributed by atoms with Crippen molar-refractivity contribution >= 4 is 27.5 Å². The lowest BCUT2D eigenvalue weighted by atomic mass is 9.95. The van der Waals surface area contributed by atoms with Gasteiger partial charge in [-0.25, -0.2) is 0 Å². The highest BCUT2D eigenvalue weighted by Gasteiger charge is 2.19. The highest BCUT2D eigenvalue weighted by atomic mass is 127. The number of nitro groups is 1. The zero-order chi connectivity index (χ0) is 16.7. The molecule has 0 fully saturated rings. The summed E-state index contributed by atoms with van der Waals surface area (Å²) in [5, 5.41) is 13.3. The Bertz CT molecular complexity index is 1050. The minimum Gasteiger partial charge on any atom is -1.00 e. The van der Waals surface area contributed by atoms with Crippen molar-refractivity contribution in [1.29, 1.82) is 0 Å². The third kappa shape index (κ3) is 2.84. The van der Waals surface area contributed by atoms with Crippen LogP contribution in [0.1, 0.15) is 0 Å². The zero-order valence-corrected chi connectivity index (χ0v) is 15.7. The summed E-state index contributed by atoms with van der Waals surface area (Å²) < 4.78 is 2.16. The molecule has 0 spiro atoms. The number of nitro benzene ring substituents is 1. The third-order valence-corrected chi connectivity index (χ3v) is 4.42. The van der Waals surface area contributed by atoms with Crippen molar-refractivity contribution in [2.75, 3.05) is 0 Å². The molecule has 25 heavy (non-hydrogen) atoms. The number of rotatable bonds is 2. The van der Waals surface area contributed by atoms with Crippen molar-refractivity contribution in [3.63, 3.8) is 0 Å². The predicted molar refractivity (Wildman–Crippen MR) is 94.7 cm³/mol. The number of non-ortho nitro benzene ring substituents is 1. The average Bonchev–Trinajstić information content (AvgIpc) is 2.62. The Morgan fingerprint density at radius 3 is 1.96 bits per heavy atom. The molecule has 0 bridgehead atoms. The lowest BCUT2D eigenvalue weighted by Crippen LogP contribution is -3.00. The van der Waals surface area contributed by atoms with Crippen LogP contribution in [0.3, 0.4) is 0 Å². The molecule has 5 heteroatoms. The zero-order valence-electron chi connectivity index (χ0n) is 13.5. The first kappa shape index (κ1) is 17.3. The lowest BCUT2D eigenvalue weighted by Gasteiger charge is -2.10. The molecule has 124 valence electrons. The topological polar surface area (TPSA) is 47.0 Å². The Labute approximate surface area is 161 Å². The third-order valence-electron chi connectivity index (χ3n) is 4.42. The van der Waals surface area contributed by atoms with E-state index in [0.717, 1.165) is 32.9 Å². The molecule has 0 radical (unpaired) electrons. The molecule has 0 unspecified atom stereocenters. The highest BCUT2D eigenvalue weighted by Crippen LogP contribution is 2.35. The molecule has 0 saturated carbocycles. The number of aryl methyl sites for hydroxylation is 1. The first-order valence-electron chi connectivity index (χ1n) is 7.71. The fourth-order valence-corrected chi connectivity index (χ4v) is 3.32. The van der Waals surface area contributed by atoms with E-state index in [4.69, 9.17) is 0 Å². The van der Waals surface area contributed by atoms with Gasteiger partial charge >= 0.3 is 0 Å². The number of fused-ring (bicyclic) bond motifs is 2. The van der Waals surface area contributed by atoms with Gasteiger partial charge in [-0.15, -0.1) is 0 Å². The van der Waals surface area contributed by atoms with Crippen LogP contribution in [0.2, 0.25) is 0 Å². The van der Waals surface area contributed by atoms with Crippen LogP contribution in [0.4, 0.5) is 5.69 Å². The molecule has 1 heterocycles. The van der Waals surface area contributed by atoms with Crippen LogP contribution in [0.5, 0.6) is 0 Å². The van der Waals surface area contributed by atoms with E-state index in [0.29, 0.717) is 0 Å². The Hall–Kier alpha value is -2.54. The van der Waals surface area contributed by atoms with Gasteiger partial charge in [0.15, 0.2) is 0 Å². The predicted octanol–water partition coefficient (Wildman–Crippen LogP) is 1.40. The van der Waals surface area contributed by atoms with Crippen molar-refractivity contribution in [1.82, 2.24) is 0 Å². The fraction of sp³-hybridized carbons (Fsp3) is 0.0500. The van der Waals surface area contributed by atoms with E-state index in [-0.39, 0.29) is 34.6 Å². The first-order chi connectivity index (χ1) is 11.7. The fourth-order valence-electron chi connectivity index (χ4n) is 3.32. The number of benzene rings is 3. The van der Waals surface area contributed by atoms with Crippen molar-refractivity contribution < 1.29 is 33.5 Å². The molecular weight excluding hydrogens is 427 g/mol. The van der Waals surface area contributed by atoms with Crippen LogP contribution in [0.15, 0.2) is 72.8 Å². The number of halogens is 1. The second-order valence-electron chi connectivity index (χ2n) is 5.78. The van der Waals surface area contributed by atoms with Gasteiger partial charge in [0, 0.05) is 29.8 Å². The van der Waals surface area contributed by atoms with E-state index in [1.54, 1.807) is 12.1 Å². The molecule has 4 aromatic rings. The SMILES string of the molecule is C[n+]1c2ccccc2c(-c2cccc([N+](=O)[O-])c2)c2ccccc21.[I-]. The molecule has 4 nitrogen and oxygen atoms in total. The summed E-state index contributed by atoms with van der Waals surface area (Å²) in [5.74, 6) is 0. The summed E-state index contributed by atoms with van der Waals surface area (Å²) in [5.41, 5.74) is 4.18. The molecule has 0 N–H and O–H groups in total. The summed E-state index contributed by atoms with van der Waals surface area (Å²) in [6, 6.07) is 23.1. The molecular formula is C20H15IN2O2. The van der Waals surface area contributed by atoms with Gasteiger partial charge in [0.1, 0.15) is 7.05 Å². The van der Waals surface area contributed by atoms with Gasteiger partial charge in [-0.1, -0.05) is 36.4 Å². The maximum Gasteiger partial charge on any atom is 0.270 e. The van der Waals surface area contributed by atoms with Crippen LogP contribution in [0.25, 0.3) is 32.9 Å². The molecule has 0 atom stereocenters. The van der Waals surface area contributed by atoms with E-state index in [2.05, 4.69) is 28.8 Å². The first-order valence-corrected chi connectivity index (χ1v) is 7.71. The second-order valence-corrected chi connectivity index (χ2v) is 5.78. The Kier molecular flexibility index (Phi) is 4.67. The lowest BCUT2D eigenvalue weighted by molar-refractivity contribution is -0.617. The normalized spacial score (nSPS) is 10.6. The molecule has 0 aliphatic rings. The van der Waals surface area contributed by atoms with Gasteiger partial charge < -0.3 is 24.0 Å². The monoisotopic (exact) mass is 442 g/mol. The largest absolute Gasteiger partial charge is 1.00 e. The van der Waals surface area contributed by atoms with Crippen molar-refractivity contribution in [2.45, 2.75) is 0 Å². The smallest absolute Gasteiger partial charge is 0.270 e. The van der Waals surface area contributed by atoms with Crippen LogP contribution in [-0.4, -0.2) is 4.92 Å². The second kappa shape index (κ2) is 6.76. The summed E-state index contributed by atoms with van der Waals surface area (Å²) >= 11 is 0. The number of nitrogens with zero attached hydrogens (tertiary/aromatic N) is 2. The van der Waals surface area contributed by atoms with Gasteiger partial charge in [0.2, 0.25) is 11.0 Å². The van der Waals surface area contributed by atoms with Gasteiger partial charge in [0.25, 0.3) is 5.69 Å². The molecule has 0 aliphatic carbocycles. The van der Waals surface area contributed by atoms with Crippen molar-refractivity contribution in [3.8, 4) is 11.1 Å². The van der Waals surface area contributed by atoms with E-state index in [9.17, 15) is 10.1 Å². The summed E-state index contributed by atoms with van der Waals surface area (Å²) in [7, 11) is 2.04.